The van der Waals surface area contributed by atoms with Crippen LogP contribution in [0.5, 0.6) is 0 Å². The highest BCUT2D eigenvalue weighted by Gasteiger charge is 2.15. The van der Waals surface area contributed by atoms with Gasteiger partial charge < -0.3 is 4.90 Å². The van der Waals surface area contributed by atoms with E-state index >= 15 is 0 Å². The molecule has 1 saturated heterocycles. The summed E-state index contributed by atoms with van der Waals surface area (Å²) in [5.74, 6) is -0.468. The van der Waals surface area contributed by atoms with E-state index in [0.29, 0.717) is 0 Å². The number of nitrogens with zero attached hydrogens (tertiary/aromatic N) is 2. The first-order chi connectivity index (χ1) is 12.7. The van der Waals surface area contributed by atoms with Crippen molar-refractivity contribution < 1.29 is 4.39 Å². The monoisotopic (exact) mass is 362 g/mol. The first-order valence-corrected chi connectivity index (χ1v) is 9.63. The van der Waals surface area contributed by atoms with Gasteiger partial charge in [-0.25, -0.2) is 4.39 Å². The van der Waals surface area contributed by atoms with Crippen LogP contribution in [0, 0.1) is 24.1 Å². The molecule has 2 aromatic carbocycles. The molecule has 3 aromatic rings. The van der Waals surface area contributed by atoms with Crippen LogP contribution in [0.4, 0.5) is 10.1 Å². The molecule has 0 bridgehead atoms. The summed E-state index contributed by atoms with van der Waals surface area (Å²) >= 11 is 1.72. The van der Waals surface area contributed by atoms with Crippen LogP contribution in [0.15, 0.2) is 48.5 Å². The molecule has 0 spiro atoms. The van der Waals surface area contributed by atoms with E-state index in [4.69, 9.17) is 5.26 Å². The summed E-state index contributed by atoms with van der Waals surface area (Å²) in [4.78, 5) is 4.74. The molecule has 0 saturated carbocycles. The molecule has 1 fully saturated rings. The maximum absolute atomic E-state index is 14.1. The Bertz CT molecular complexity index is 976. The van der Waals surface area contributed by atoms with Crippen LogP contribution >= 0.6 is 11.3 Å². The van der Waals surface area contributed by atoms with Crippen LogP contribution < -0.4 is 4.90 Å². The summed E-state index contributed by atoms with van der Waals surface area (Å²) in [6, 6.07) is 17.5. The zero-order valence-corrected chi connectivity index (χ0v) is 15.4. The maximum atomic E-state index is 14.1. The maximum Gasteiger partial charge on any atom is 0.141 e. The quantitative estimate of drug-likeness (QED) is 0.571. The van der Waals surface area contributed by atoms with Crippen LogP contribution in [-0.2, 0) is 0 Å². The second-order valence-electron chi connectivity index (χ2n) is 6.65. The minimum Gasteiger partial charge on any atom is -0.372 e. The molecule has 26 heavy (non-hydrogen) atoms. The van der Waals surface area contributed by atoms with E-state index in [0.717, 1.165) is 34.7 Å². The number of hydrogen-bond acceptors (Lipinski definition) is 3. The number of benzene rings is 2. The molecular formula is C22H19FN2S. The van der Waals surface area contributed by atoms with Gasteiger partial charge in [-0.1, -0.05) is 18.2 Å². The van der Waals surface area contributed by atoms with Gasteiger partial charge in [0.25, 0.3) is 0 Å². The zero-order valence-electron chi connectivity index (χ0n) is 14.6. The number of hydrogen-bond donors (Lipinski definition) is 0. The van der Waals surface area contributed by atoms with Crippen molar-refractivity contribution >= 4 is 17.0 Å². The predicted octanol–water partition coefficient (Wildman–Crippen LogP) is 6.00. The van der Waals surface area contributed by atoms with Crippen molar-refractivity contribution in [3.63, 3.8) is 0 Å². The first-order valence-electron chi connectivity index (χ1n) is 8.81. The van der Waals surface area contributed by atoms with Crippen molar-refractivity contribution in [2.45, 2.75) is 19.8 Å². The normalized spacial score (nSPS) is 13.8. The number of rotatable bonds is 3. The van der Waals surface area contributed by atoms with Crippen molar-refractivity contribution in [3.05, 3.63) is 64.8 Å². The third-order valence-electron chi connectivity index (χ3n) is 4.86. The standard InChI is InChI=1S/C22H19FN2S/c1-15-12-20(17-4-5-18(14-24)21(23)13-17)22(26-15)16-6-8-19(9-7-16)25-10-2-3-11-25/h4-9,12-13H,2-3,10-11H2,1H3. The Kier molecular flexibility index (Phi) is 4.48. The average Bonchev–Trinajstić information content (AvgIpc) is 3.31. The Morgan fingerprint density at radius 2 is 1.69 bits per heavy atom. The van der Waals surface area contributed by atoms with Gasteiger partial charge in [0.1, 0.15) is 11.9 Å². The smallest absolute Gasteiger partial charge is 0.141 e. The third-order valence-corrected chi connectivity index (χ3v) is 5.96. The molecule has 1 aliphatic rings. The van der Waals surface area contributed by atoms with Crippen LogP contribution in [0.2, 0.25) is 0 Å². The summed E-state index contributed by atoms with van der Waals surface area (Å²) in [5, 5.41) is 8.94. The summed E-state index contributed by atoms with van der Waals surface area (Å²) in [5.41, 5.74) is 4.32. The molecule has 0 aliphatic carbocycles. The Balaban J connectivity index is 1.72. The molecule has 1 aromatic heterocycles. The van der Waals surface area contributed by atoms with Gasteiger partial charge in [0.2, 0.25) is 0 Å². The second kappa shape index (κ2) is 6.93. The lowest BCUT2D eigenvalue weighted by atomic mass is 10.0. The van der Waals surface area contributed by atoms with Crippen LogP contribution in [0.1, 0.15) is 23.3 Å². The largest absolute Gasteiger partial charge is 0.372 e. The number of aryl methyl sites for hydroxylation is 1. The summed E-state index contributed by atoms with van der Waals surface area (Å²) in [6.07, 6.45) is 2.53. The highest BCUT2D eigenvalue weighted by molar-refractivity contribution is 7.16. The summed E-state index contributed by atoms with van der Waals surface area (Å²) < 4.78 is 14.1. The second-order valence-corrected chi connectivity index (χ2v) is 7.90. The molecule has 0 unspecified atom stereocenters. The van der Waals surface area contributed by atoms with Gasteiger partial charge in [0.15, 0.2) is 0 Å². The van der Waals surface area contributed by atoms with Gasteiger partial charge in [0.05, 0.1) is 5.56 Å². The molecule has 0 radical (unpaired) electrons. The Labute approximate surface area is 157 Å². The lowest BCUT2D eigenvalue weighted by Crippen LogP contribution is -2.17. The van der Waals surface area contributed by atoms with Gasteiger partial charge in [0, 0.05) is 34.1 Å². The molecular weight excluding hydrogens is 343 g/mol. The molecule has 0 amide bonds. The number of thiophene rings is 1. The molecule has 0 N–H and O–H groups in total. The highest BCUT2D eigenvalue weighted by atomic mass is 32.1. The molecule has 130 valence electrons. The van der Waals surface area contributed by atoms with E-state index in [-0.39, 0.29) is 5.56 Å². The molecule has 2 heterocycles. The van der Waals surface area contributed by atoms with E-state index in [1.807, 2.05) is 12.1 Å². The first kappa shape index (κ1) is 16.8. The lowest BCUT2D eigenvalue weighted by molar-refractivity contribution is 0.624. The van der Waals surface area contributed by atoms with E-state index in [1.54, 1.807) is 17.4 Å². The highest BCUT2D eigenvalue weighted by Crippen LogP contribution is 2.40. The van der Waals surface area contributed by atoms with Gasteiger partial charge in [-0.3, -0.25) is 0 Å². The molecule has 2 nitrogen and oxygen atoms in total. The Morgan fingerprint density at radius 3 is 2.35 bits per heavy atom. The fourth-order valence-corrected chi connectivity index (χ4v) is 4.55. The molecule has 1 aliphatic heterocycles. The summed E-state index contributed by atoms with van der Waals surface area (Å²) in [6.45, 7) is 4.33. The van der Waals surface area contributed by atoms with Crippen molar-refractivity contribution in [3.8, 4) is 27.6 Å². The van der Waals surface area contributed by atoms with Gasteiger partial charge >= 0.3 is 0 Å². The van der Waals surface area contributed by atoms with E-state index in [1.165, 1.54) is 29.5 Å². The lowest BCUT2D eigenvalue weighted by Gasteiger charge is -2.17. The fraction of sp³-hybridized carbons (Fsp3) is 0.227. The Morgan fingerprint density at radius 1 is 1.00 bits per heavy atom. The molecule has 4 rings (SSSR count). The number of nitriles is 1. The third kappa shape index (κ3) is 3.11. The number of anilines is 1. The molecule has 4 heteroatoms. The van der Waals surface area contributed by atoms with Gasteiger partial charge in [-0.15, -0.1) is 11.3 Å². The van der Waals surface area contributed by atoms with Gasteiger partial charge in [-0.2, -0.15) is 5.26 Å². The minimum atomic E-state index is -0.468. The minimum absolute atomic E-state index is 0.0808. The Hall–Kier alpha value is -2.64. The van der Waals surface area contributed by atoms with Gasteiger partial charge in [-0.05, 0) is 61.2 Å². The van der Waals surface area contributed by atoms with E-state index in [2.05, 4.69) is 42.2 Å². The average molecular weight is 362 g/mol. The molecule has 0 atom stereocenters. The predicted molar refractivity (Wildman–Crippen MR) is 106 cm³/mol. The van der Waals surface area contributed by atoms with Crippen molar-refractivity contribution in [2.24, 2.45) is 0 Å². The van der Waals surface area contributed by atoms with E-state index in [9.17, 15) is 4.39 Å². The van der Waals surface area contributed by atoms with Crippen molar-refractivity contribution in [1.82, 2.24) is 0 Å². The van der Waals surface area contributed by atoms with E-state index < -0.39 is 5.82 Å². The topological polar surface area (TPSA) is 27.0 Å². The number of halogens is 1. The zero-order chi connectivity index (χ0) is 18.1. The summed E-state index contributed by atoms with van der Waals surface area (Å²) in [7, 11) is 0. The fourth-order valence-electron chi connectivity index (χ4n) is 3.52. The van der Waals surface area contributed by atoms with Crippen molar-refractivity contribution in [2.75, 3.05) is 18.0 Å². The van der Waals surface area contributed by atoms with Crippen LogP contribution in [-0.4, -0.2) is 13.1 Å². The SMILES string of the molecule is Cc1cc(-c2ccc(C#N)c(F)c2)c(-c2ccc(N3CCCC3)cc2)s1. The van der Waals surface area contributed by atoms with Crippen LogP contribution in [0.3, 0.4) is 0 Å². The van der Waals surface area contributed by atoms with Crippen molar-refractivity contribution in [1.29, 1.82) is 5.26 Å². The van der Waals surface area contributed by atoms with Crippen LogP contribution in [0.25, 0.3) is 21.6 Å².